The van der Waals surface area contributed by atoms with Gasteiger partial charge in [0.05, 0.1) is 23.8 Å². The quantitative estimate of drug-likeness (QED) is 0.493. The summed E-state index contributed by atoms with van der Waals surface area (Å²) in [4.78, 5) is 9.01. The van der Waals surface area contributed by atoms with E-state index in [4.69, 9.17) is 9.15 Å². The Balaban J connectivity index is 1.78. The van der Waals surface area contributed by atoms with Crippen molar-refractivity contribution >= 4 is 28.1 Å². The van der Waals surface area contributed by atoms with Gasteiger partial charge in [0, 0.05) is 34.1 Å². The first-order chi connectivity index (χ1) is 13.4. The highest BCUT2D eigenvalue weighted by atomic mass is 32.1. The average molecular weight is 372 g/mol. The van der Waals surface area contributed by atoms with Gasteiger partial charge in [0.15, 0.2) is 6.10 Å². The number of hydrogen-bond acceptors (Lipinski definition) is 4. The van der Waals surface area contributed by atoms with E-state index in [0.717, 1.165) is 38.7 Å². The van der Waals surface area contributed by atoms with E-state index in [1.165, 1.54) is 0 Å². The van der Waals surface area contributed by atoms with Crippen LogP contribution in [0.25, 0.3) is 16.7 Å². The molecular weight excluding hydrogens is 356 g/mol. The zero-order valence-electron chi connectivity index (χ0n) is 14.3. The molecule has 5 heteroatoms. The second-order valence-corrected chi connectivity index (χ2v) is 7.11. The number of aromatic amines is 1. The molecule has 4 nitrogen and oxygen atoms in total. The molecule has 0 radical (unpaired) electrons. The fraction of sp³-hybridized carbons (Fsp3) is 0.0455. The molecule has 5 rings (SSSR count). The molecule has 0 saturated carbocycles. The van der Waals surface area contributed by atoms with Crippen LogP contribution in [0.5, 0.6) is 0 Å². The van der Waals surface area contributed by atoms with E-state index in [-0.39, 0.29) is 6.10 Å². The van der Waals surface area contributed by atoms with E-state index in [0.29, 0.717) is 0 Å². The van der Waals surface area contributed by atoms with Crippen LogP contribution in [-0.2, 0) is 4.74 Å². The first kappa shape index (κ1) is 15.9. The monoisotopic (exact) mass is 372 g/mol. The third-order valence-electron chi connectivity index (χ3n) is 4.52. The van der Waals surface area contributed by atoms with Crippen LogP contribution in [0, 0.1) is 0 Å². The van der Waals surface area contributed by atoms with Gasteiger partial charge in [-0.25, -0.2) is 0 Å². The second kappa shape index (κ2) is 6.78. The summed E-state index contributed by atoms with van der Waals surface area (Å²) in [5.41, 5.74) is 4.82. The number of allylic oxidation sites excluding steroid dienone is 2. The van der Waals surface area contributed by atoms with Crippen molar-refractivity contribution in [2.75, 3.05) is 0 Å². The number of aromatic nitrogens is 2. The number of nitrogens with zero attached hydrogens (tertiary/aromatic N) is 1. The van der Waals surface area contributed by atoms with Gasteiger partial charge in [0.1, 0.15) is 5.76 Å². The lowest BCUT2D eigenvalue weighted by Gasteiger charge is -2.27. The van der Waals surface area contributed by atoms with E-state index in [9.17, 15) is 0 Å². The summed E-state index contributed by atoms with van der Waals surface area (Å²) in [6.45, 7) is 0. The zero-order chi connectivity index (χ0) is 18.1. The van der Waals surface area contributed by atoms with Crippen molar-refractivity contribution in [3.05, 3.63) is 107 Å². The fourth-order valence-corrected chi connectivity index (χ4v) is 4.13. The van der Waals surface area contributed by atoms with Crippen molar-refractivity contribution in [3.8, 4) is 0 Å². The largest absolute Gasteiger partial charge is 0.487 e. The van der Waals surface area contributed by atoms with Crippen LogP contribution in [-0.4, -0.2) is 9.97 Å². The van der Waals surface area contributed by atoms with Crippen LogP contribution in [0.3, 0.4) is 0 Å². The van der Waals surface area contributed by atoms with Crippen molar-refractivity contribution in [1.82, 2.24) is 9.97 Å². The molecule has 0 spiro atoms. The van der Waals surface area contributed by atoms with E-state index >= 15 is 0 Å². The molecule has 0 saturated heterocycles. The summed E-state index contributed by atoms with van der Waals surface area (Å²) < 4.78 is 12.0. The van der Waals surface area contributed by atoms with Gasteiger partial charge in [-0.2, -0.15) is 0 Å². The van der Waals surface area contributed by atoms with E-state index in [1.54, 1.807) is 23.8 Å². The van der Waals surface area contributed by atoms with E-state index in [2.05, 4.69) is 27.5 Å². The fourth-order valence-electron chi connectivity index (χ4n) is 3.36. The van der Waals surface area contributed by atoms with Crippen LogP contribution in [0.2, 0.25) is 0 Å². The smallest absolute Gasteiger partial charge is 0.161 e. The number of ether oxygens (including phenoxy) is 1. The van der Waals surface area contributed by atoms with Gasteiger partial charge in [-0.05, 0) is 47.8 Å². The van der Waals surface area contributed by atoms with Crippen molar-refractivity contribution in [2.45, 2.75) is 6.10 Å². The number of rotatable bonds is 4. The third-order valence-corrected chi connectivity index (χ3v) is 5.43. The number of furan rings is 1. The Morgan fingerprint density at radius 3 is 2.70 bits per heavy atom. The molecule has 27 heavy (non-hydrogen) atoms. The average Bonchev–Trinajstić information content (AvgIpc) is 3.51. The minimum absolute atomic E-state index is 0.234. The predicted octanol–water partition coefficient (Wildman–Crippen LogP) is 5.79. The molecule has 1 aliphatic heterocycles. The number of H-pyrrole nitrogens is 1. The van der Waals surface area contributed by atoms with Gasteiger partial charge in [0.25, 0.3) is 0 Å². The Bertz CT molecular complexity index is 1080. The summed E-state index contributed by atoms with van der Waals surface area (Å²) in [5, 5.41) is 2.06. The van der Waals surface area contributed by atoms with Crippen LogP contribution < -0.4 is 0 Å². The van der Waals surface area contributed by atoms with Gasteiger partial charge in [-0.15, -0.1) is 11.3 Å². The molecule has 1 aliphatic rings. The van der Waals surface area contributed by atoms with Crippen molar-refractivity contribution in [2.24, 2.45) is 0 Å². The molecule has 0 amide bonds. The third kappa shape index (κ3) is 2.82. The lowest BCUT2D eigenvalue weighted by Crippen LogP contribution is -2.11. The first-order valence-corrected chi connectivity index (χ1v) is 9.52. The molecule has 1 N–H and O–H groups in total. The summed E-state index contributed by atoms with van der Waals surface area (Å²) >= 11 is 1.67. The molecular formula is C22H16N2O2S. The summed E-state index contributed by atoms with van der Waals surface area (Å²) in [6.07, 6.45) is 6.99. The zero-order valence-corrected chi connectivity index (χ0v) is 15.1. The summed E-state index contributed by atoms with van der Waals surface area (Å²) in [6, 6.07) is 17.9. The molecule has 0 aliphatic carbocycles. The minimum atomic E-state index is -0.234. The van der Waals surface area contributed by atoms with Crippen molar-refractivity contribution in [1.29, 1.82) is 0 Å². The maximum atomic E-state index is 6.23. The van der Waals surface area contributed by atoms with Gasteiger partial charge >= 0.3 is 0 Å². The highest BCUT2D eigenvalue weighted by Crippen LogP contribution is 2.48. The van der Waals surface area contributed by atoms with Crippen LogP contribution in [0.1, 0.15) is 28.1 Å². The Morgan fingerprint density at radius 1 is 1.00 bits per heavy atom. The van der Waals surface area contributed by atoms with Crippen molar-refractivity contribution in [3.63, 3.8) is 0 Å². The van der Waals surface area contributed by atoms with Crippen LogP contribution in [0.4, 0.5) is 0 Å². The molecule has 132 valence electrons. The molecule has 1 unspecified atom stereocenters. The Morgan fingerprint density at radius 2 is 2.00 bits per heavy atom. The maximum Gasteiger partial charge on any atom is 0.161 e. The number of nitrogens with one attached hydrogen (secondary N) is 1. The van der Waals surface area contributed by atoms with Gasteiger partial charge in [0.2, 0.25) is 0 Å². The molecule has 0 fully saturated rings. The topological polar surface area (TPSA) is 51.0 Å². The van der Waals surface area contributed by atoms with E-state index in [1.807, 2.05) is 54.9 Å². The van der Waals surface area contributed by atoms with Gasteiger partial charge in [-0.3, -0.25) is 4.98 Å². The van der Waals surface area contributed by atoms with Gasteiger partial charge < -0.3 is 14.1 Å². The highest BCUT2D eigenvalue weighted by molar-refractivity contribution is 7.10. The van der Waals surface area contributed by atoms with Crippen LogP contribution >= 0.6 is 11.3 Å². The molecule has 0 bridgehead atoms. The second-order valence-electron chi connectivity index (χ2n) is 6.13. The first-order valence-electron chi connectivity index (χ1n) is 8.64. The molecule has 4 aromatic heterocycles. The number of hydrogen-bond donors (Lipinski definition) is 1. The lowest BCUT2D eigenvalue weighted by molar-refractivity contribution is 0.199. The van der Waals surface area contributed by atoms with Crippen LogP contribution in [0.15, 0.2) is 89.3 Å². The normalized spacial score (nSPS) is 16.9. The maximum absolute atomic E-state index is 6.23. The van der Waals surface area contributed by atoms with Gasteiger partial charge in [-0.1, -0.05) is 12.1 Å². The standard InChI is InChI=1S/C22H16N2O2S/c1-2-10-23-16(6-1)15-14-26-22(19-9-5-13-27-19)21(18-8-4-12-25-18)20(15)17-7-3-11-24-17/h1-14,22,24H. The Kier molecular flexibility index (Phi) is 3.99. The number of thiophene rings is 1. The Hall–Kier alpha value is -3.31. The molecule has 5 heterocycles. The molecule has 4 aromatic rings. The number of pyridine rings is 1. The Labute approximate surface area is 160 Å². The summed E-state index contributed by atoms with van der Waals surface area (Å²) in [5.74, 6) is 0.791. The predicted molar refractivity (Wildman–Crippen MR) is 107 cm³/mol. The molecule has 0 aromatic carbocycles. The minimum Gasteiger partial charge on any atom is -0.487 e. The van der Waals surface area contributed by atoms with E-state index < -0.39 is 0 Å². The SMILES string of the molecule is C1=C(c2ccccn2)C(c2ccc[nH]2)=C(c2ccco2)C(c2cccs2)O1. The molecule has 1 atom stereocenters. The highest BCUT2D eigenvalue weighted by Gasteiger charge is 2.33. The lowest BCUT2D eigenvalue weighted by atomic mass is 9.88. The summed E-state index contributed by atoms with van der Waals surface area (Å²) in [7, 11) is 0. The van der Waals surface area contributed by atoms with Crippen molar-refractivity contribution < 1.29 is 9.15 Å².